The molecule has 2 N–H and O–H groups in total. The van der Waals surface area contributed by atoms with E-state index < -0.39 is 0 Å². The van der Waals surface area contributed by atoms with Gasteiger partial charge in [-0.05, 0) is 36.5 Å². The fourth-order valence-electron chi connectivity index (χ4n) is 1.38. The van der Waals surface area contributed by atoms with E-state index in [4.69, 9.17) is 10.5 Å². The van der Waals surface area contributed by atoms with E-state index in [1.54, 1.807) is 12.1 Å². The minimum Gasteiger partial charge on any atom is -0.490 e. The molecule has 3 heteroatoms. The Kier molecular flexibility index (Phi) is 4.52. The Morgan fingerprint density at radius 2 is 2.00 bits per heavy atom. The van der Waals surface area contributed by atoms with Crippen LogP contribution in [0.5, 0.6) is 5.75 Å². The maximum absolute atomic E-state index is 13.6. The van der Waals surface area contributed by atoms with E-state index in [9.17, 15) is 4.39 Å². The second-order valence-corrected chi connectivity index (χ2v) is 5.64. The van der Waals surface area contributed by atoms with Crippen molar-refractivity contribution in [2.75, 3.05) is 6.61 Å². The lowest BCUT2D eigenvalue weighted by Crippen LogP contribution is -2.12. The second-order valence-electron chi connectivity index (χ2n) is 5.64. The van der Waals surface area contributed by atoms with Crippen LogP contribution in [-0.4, -0.2) is 6.61 Å². The van der Waals surface area contributed by atoms with E-state index >= 15 is 0 Å². The monoisotopic (exact) mass is 239 g/mol. The number of benzene rings is 1. The summed E-state index contributed by atoms with van der Waals surface area (Å²) in [6, 6.07) is 4.74. The first kappa shape index (κ1) is 14.0. The van der Waals surface area contributed by atoms with Crippen LogP contribution >= 0.6 is 0 Å². The molecule has 0 radical (unpaired) electrons. The first-order chi connectivity index (χ1) is 7.79. The molecule has 0 heterocycles. The summed E-state index contributed by atoms with van der Waals surface area (Å²) in [5.41, 5.74) is 6.66. The fraction of sp³-hybridized carbons (Fsp3) is 0.571. The maximum Gasteiger partial charge on any atom is 0.165 e. The zero-order valence-electron chi connectivity index (χ0n) is 11.1. The van der Waals surface area contributed by atoms with Gasteiger partial charge in [-0.1, -0.05) is 26.8 Å². The highest BCUT2D eigenvalue weighted by atomic mass is 19.1. The molecule has 0 unspecified atom stereocenters. The molecule has 2 nitrogen and oxygen atoms in total. The molecule has 0 saturated carbocycles. The average Bonchev–Trinajstić information content (AvgIpc) is 2.18. The SMILES string of the molecule is C[C@H](N)c1ccc(OCCC(C)(C)C)c(F)c1. The molecule has 1 atom stereocenters. The van der Waals surface area contributed by atoms with Crippen LogP contribution in [0.25, 0.3) is 0 Å². The van der Waals surface area contributed by atoms with Gasteiger partial charge in [0.1, 0.15) is 0 Å². The van der Waals surface area contributed by atoms with E-state index in [0.29, 0.717) is 12.4 Å². The minimum absolute atomic E-state index is 0.159. The summed E-state index contributed by atoms with van der Waals surface area (Å²) in [5.74, 6) is -0.0349. The lowest BCUT2D eigenvalue weighted by molar-refractivity contribution is 0.235. The number of ether oxygens (including phenoxy) is 1. The molecule has 0 amide bonds. The molecule has 1 rings (SSSR count). The van der Waals surface area contributed by atoms with Crippen molar-refractivity contribution in [2.45, 2.75) is 40.2 Å². The summed E-state index contributed by atoms with van der Waals surface area (Å²) in [5, 5.41) is 0. The third-order valence-corrected chi connectivity index (χ3v) is 2.59. The molecule has 0 fully saturated rings. The molecule has 0 saturated heterocycles. The summed E-state index contributed by atoms with van der Waals surface area (Å²) < 4.78 is 19.1. The van der Waals surface area contributed by atoms with E-state index in [1.165, 1.54) is 6.07 Å². The van der Waals surface area contributed by atoms with Crippen LogP contribution in [0.2, 0.25) is 0 Å². The lowest BCUT2D eigenvalue weighted by atomic mass is 9.93. The smallest absolute Gasteiger partial charge is 0.165 e. The number of halogens is 1. The topological polar surface area (TPSA) is 35.2 Å². The molecule has 96 valence electrons. The molecular weight excluding hydrogens is 217 g/mol. The normalized spacial score (nSPS) is 13.5. The molecule has 0 bridgehead atoms. The van der Waals surface area contributed by atoms with Gasteiger partial charge in [0.15, 0.2) is 11.6 Å². The first-order valence-electron chi connectivity index (χ1n) is 5.97. The van der Waals surface area contributed by atoms with E-state index in [2.05, 4.69) is 20.8 Å². The van der Waals surface area contributed by atoms with Gasteiger partial charge in [-0.2, -0.15) is 0 Å². The van der Waals surface area contributed by atoms with E-state index in [1.807, 2.05) is 6.92 Å². The predicted octanol–water partition coefficient (Wildman–Crippen LogP) is 3.66. The van der Waals surface area contributed by atoms with Gasteiger partial charge in [0, 0.05) is 6.04 Å². The zero-order chi connectivity index (χ0) is 13.1. The molecule has 1 aromatic rings. The van der Waals surface area contributed by atoms with Crippen molar-refractivity contribution in [3.63, 3.8) is 0 Å². The van der Waals surface area contributed by atoms with Crippen molar-refractivity contribution < 1.29 is 9.13 Å². The number of nitrogens with two attached hydrogens (primary N) is 1. The standard InChI is InChI=1S/C14H22FNO/c1-10(16)11-5-6-13(12(15)9-11)17-8-7-14(2,3)4/h5-6,9-10H,7-8,16H2,1-4H3/t10-/m0/s1. The van der Waals surface area contributed by atoms with Gasteiger partial charge in [0.2, 0.25) is 0 Å². The van der Waals surface area contributed by atoms with Crippen molar-refractivity contribution in [1.82, 2.24) is 0 Å². The molecule has 0 aliphatic carbocycles. The average molecular weight is 239 g/mol. The molecule has 0 spiro atoms. The summed E-state index contributed by atoms with van der Waals surface area (Å²) in [6.45, 7) is 8.75. The highest BCUT2D eigenvalue weighted by molar-refractivity contribution is 5.30. The third-order valence-electron chi connectivity index (χ3n) is 2.59. The number of hydrogen-bond acceptors (Lipinski definition) is 2. The maximum atomic E-state index is 13.6. The lowest BCUT2D eigenvalue weighted by Gasteiger charge is -2.18. The highest BCUT2D eigenvalue weighted by Crippen LogP contribution is 2.23. The van der Waals surface area contributed by atoms with Crippen LogP contribution < -0.4 is 10.5 Å². The van der Waals surface area contributed by atoms with Gasteiger partial charge < -0.3 is 10.5 Å². The Bertz CT molecular complexity index is 369. The Labute approximate surface area is 103 Å². The van der Waals surface area contributed by atoms with Crippen LogP contribution in [0.15, 0.2) is 18.2 Å². The molecule has 1 aromatic carbocycles. The van der Waals surface area contributed by atoms with Crippen LogP contribution in [0.1, 0.15) is 45.7 Å². The van der Waals surface area contributed by atoms with E-state index in [0.717, 1.165) is 12.0 Å². The largest absolute Gasteiger partial charge is 0.490 e. The van der Waals surface area contributed by atoms with Gasteiger partial charge in [0.05, 0.1) is 6.61 Å². The minimum atomic E-state index is -0.339. The molecular formula is C14H22FNO. The van der Waals surface area contributed by atoms with Gasteiger partial charge in [0.25, 0.3) is 0 Å². The summed E-state index contributed by atoms with van der Waals surface area (Å²) in [6.07, 6.45) is 0.890. The summed E-state index contributed by atoms with van der Waals surface area (Å²) in [4.78, 5) is 0. The van der Waals surface area contributed by atoms with Crippen LogP contribution in [0.3, 0.4) is 0 Å². The van der Waals surface area contributed by atoms with Gasteiger partial charge in [-0.15, -0.1) is 0 Å². The zero-order valence-corrected chi connectivity index (χ0v) is 11.1. The summed E-state index contributed by atoms with van der Waals surface area (Å²) >= 11 is 0. The van der Waals surface area contributed by atoms with Crippen LogP contribution in [0.4, 0.5) is 4.39 Å². The predicted molar refractivity (Wildman–Crippen MR) is 68.6 cm³/mol. The Morgan fingerprint density at radius 3 is 2.47 bits per heavy atom. The molecule has 0 aliphatic heterocycles. The molecule has 0 aromatic heterocycles. The van der Waals surface area contributed by atoms with Crippen LogP contribution in [0, 0.1) is 11.2 Å². The van der Waals surface area contributed by atoms with Crippen molar-refractivity contribution in [1.29, 1.82) is 0 Å². The van der Waals surface area contributed by atoms with Crippen molar-refractivity contribution in [2.24, 2.45) is 11.1 Å². The van der Waals surface area contributed by atoms with Gasteiger partial charge >= 0.3 is 0 Å². The molecule has 0 aliphatic rings. The quantitative estimate of drug-likeness (QED) is 0.870. The first-order valence-corrected chi connectivity index (χ1v) is 5.97. The van der Waals surface area contributed by atoms with Crippen molar-refractivity contribution in [3.8, 4) is 5.75 Å². The third kappa shape index (κ3) is 4.73. The van der Waals surface area contributed by atoms with Gasteiger partial charge in [-0.3, -0.25) is 0 Å². The number of rotatable bonds is 4. The fourth-order valence-corrected chi connectivity index (χ4v) is 1.38. The Hall–Kier alpha value is -1.09. The second kappa shape index (κ2) is 5.50. The highest BCUT2D eigenvalue weighted by Gasteiger charge is 2.12. The van der Waals surface area contributed by atoms with Crippen LogP contribution in [-0.2, 0) is 0 Å². The molecule has 17 heavy (non-hydrogen) atoms. The van der Waals surface area contributed by atoms with E-state index in [-0.39, 0.29) is 17.3 Å². The Morgan fingerprint density at radius 1 is 1.35 bits per heavy atom. The summed E-state index contributed by atoms with van der Waals surface area (Å²) in [7, 11) is 0. The number of hydrogen-bond donors (Lipinski definition) is 1. The Balaban J connectivity index is 2.61. The van der Waals surface area contributed by atoms with Gasteiger partial charge in [-0.25, -0.2) is 4.39 Å². The van der Waals surface area contributed by atoms with Crippen molar-refractivity contribution in [3.05, 3.63) is 29.6 Å². The van der Waals surface area contributed by atoms with Crippen molar-refractivity contribution >= 4 is 0 Å².